The van der Waals surface area contributed by atoms with Gasteiger partial charge in [-0.1, -0.05) is 18.4 Å². The molecule has 1 aromatic carbocycles. The molecule has 0 bridgehead atoms. The lowest BCUT2D eigenvalue weighted by Gasteiger charge is -2.15. The van der Waals surface area contributed by atoms with Gasteiger partial charge in [-0.3, -0.25) is 4.79 Å². The summed E-state index contributed by atoms with van der Waals surface area (Å²) < 4.78 is 59.6. The van der Waals surface area contributed by atoms with Crippen molar-refractivity contribution in [2.24, 2.45) is 0 Å². The Morgan fingerprint density at radius 1 is 1.26 bits per heavy atom. The van der Waals surface area contributed by atoms with E-state index >= 15 is 0 Å². The second-order valence-electron chi connectivity index (χ2n) is 7.90. The molecular weight excluding hydrogens is 468 g/mol. The Bertz CT molecular complexity index is 1560. The van der Waals surface area contributed by atoms with Gasteiger partial charge in [0, 0.05) is 25.4 Å². The number of alkyl halides is 3. The number of oxazole rings is 1. The number of fused-ring (bicyclic) bond motifs is 2. The maximum absolute atomic E-state index is 14.6. The summed E-state index contributed by atoms with van der Waals surface area (Å²) in [5.41, 5.74) is 6.30. The highest BCUT2D eigenvalue weighted by Gasteiger charge is 2.37. The van der Waals surface area contributed by atoms with E-state index in [4.69, 9.17) is 5.73 Å². The molecule has 35 heavy (non-hydrogen) atoms. The maximum atomic E-state index is 14.6. The van der Waals surface area contributed by atoms with Crippen LogP contribution >= 0.6 is 0 Å². The molecule has 8 nitrogen and oxygen atoms in total. The van der Waals surface area contributed by atoms with Crippen molar-refractivity contribution in [2.75, 3.05) is 18.8 Å². The number of carbonyl (C=O) groups is 1. The number of halogens is 4. The quantitative estimate of drug-likeness (QED) is 0.265. The number of nitrogens with zero attached hydrogens (tertiary/aromatic N) is 5. The van der Waals surface area contributed by atoms with Crippen molar-refractivity contribution >= 4 is 33.9 Å². The summed E-state index contributed by atoms with van der Waals surface area (Å²) in [5.74, 6) is 3.12. The summed E-state index contributed by atoms with van der Waals surface area (Å²) in [6, 6.07) is 1.80. The van der Waals surface area contributed by atoms with E-state index in [0.717, 1.165) is 12.1 Å². The summed E-state index contributed by atoms with van der Waals surface area (Å²) in [4.78, 5) is 25.3. The minimum Gasteiger partial charge on any atom is -0.433 e. The van der Waals surface area contributed by atoms with Crippen molar-refractivity contribution < 1.29 is 26.8 Å². The summed E-state index contributed by atoms with van der Waals surface area (Å²) in [6.07, 6.45) is 0.129. The highest BCUT2D eigenvalue weighted by molar-refractivity contribution is 5.92. The van der Waals surface area contributed by atoms with Gasteiger partial charge in [0.2, 0.25) is 5.91 Å². The van der Waals surface area contributed by atoms with Crippen LogP contribution in [0.5, 0.6) is 0 Å². The van der Waals surface area contributed by atoms with E-state index in [0.29, 0.717) is 36.1 Å². The van der Waals surface area contributed by atoms with Gasteiger partial charge >= 0.3 is 12.1 Å². The molecule has 1 aliphatic rings. The third kappa shape index (κ3) is 3.95. The summed E-state index contributed by atoms with van der Waals surface area (Å²) in [5, 5.41) is 0.454. The number of rotatable bonds is 2. The molecule has 1 atom stereocenters. The third-order valence-corrected chi connectivity index (χ3v) is 5.73. The number of nitrogens with two attached hydrogens (primary N) is 1. The van der Waals surface area contributed by atoms with Crippen LogP contribution in [0.2, 0.25) is 0 Å². The number of hydrogen-bond donors (Lipinski definition) is 1. The average molecular weight is 484 g/mol. The minimum absolute atomic E-state index is 0.102. The van der Waals surface area contributed by atoms with Crippen LogP contribution in [0.4, 0.5) is 23.4 Å². The van der Waals surface area contributed by atoms with Crippen LogP contribution in [-0.4, -0.2) is 43.4 Å². The molecule has 1 amide bonds. The average Bonchev–Trinajstić information content (AvgIpc) is 3.53. The Morgan fingerprint density at radius 3 is 2.77 bits per heavy atom. The van der Waals surface area contributed by atoms with Gasteiger partial charge in [0.15, 0.2) is 5.58 Å². The van der Waals surface area contributed by atoms with Gasteiger partial charge in [0.25, 0.3) is 0 Å². The van der Waals surface area contributed by atoms with Gasteiger partial charge in [-0.2, -0.15) is 13.2 Å². The lowest BCUT2D eigenvalue weighted by molar-refractivity contribution is -0.156. The molecule has 1 saturated heterocycles. The van der Waals surface area contributed by atoms with E-state index in [2.05, 4.69) is 37.8 Å². The smallest absolute Gasteiger partial charge is 0.433 e. The lowest BCUT2D eigenvalue weighted by Crippen LogP contribution is -2.27. The number of aromatic nitrogens is 4. The van der Waals surface area contributed by atoms with E-state index in [9.17, 15) is 22.4 Å². The molecule has 0 saturated carbocycles. The molecule has 1 aliphatic heterocycles. The van der Waals surface area contributed by atoms with Crippen LogP contribution in [0.1, 0.15) is 29.5 Å². The molecule has 4 aromatic rings. The Hall–Kier alpha value is -4.40. The zero-order chi connectivity index (χ0) is 24.9. The molecule has 178 valence electrons. The number of hydrogen-bond acceptors (Lipinski definition) is 6. The number of amides is 1. The molecule has 0 spiro atoms. The fourth-order valence-corrected chi connectivity index (χ4v) is 4.08. The Balaban J connectivity index is 1.55. The summed E-state index contributed by atoms with van der Waals surface area (Å²) in [6.45, 7) is 4.49. The number of nitrogen functional groups attached to an aromatic ring is 1. The topological polar surface area (TPSA) is 103 Å². The van der Waals surface area contributed by atoms with Gasteiger partial charge in [-0.15, -0.1) is 0 Å². The maximum Gasteiger partial charge on any atom is 0.468 e. The minimum atomic E-state index is -4.80. The van der Waals surface area contributed by atoms with Gasteiger partial charge in [-0.05, 0) is 18.6 Å². The van der Waals surface area contributed by atoms with Crippen LogP contribution in [-0.2, 0) is 11.0 Å². The summed E-state index contributed by atoms with van der Waals surface area (Å²) in [7, 11) is 0. The standard InChI is InChI=1S/C23H16F4N6O2/c1-2-18(34)32-6-5-14(10-32)33-9-13(19-20(28)29-11-30-21(19)33)4-3-12-7-16-17(8-15(12)24)35-22(31-16)23(25,26)27/h2,7-9,11,14H,1,5-6,10H2,(H2,28,29,30). The van der Waals surface area contributed by atoms with Crippen molar-refractivity contribution in [3.63, 3.8) is 0 Å². The van der Waals surface area contributed by atoms with Crippen LogP contribution in [0, 0.1) is 17.7 Å². The van der Waals surface area contributed by atoms with Crippen LogP contribution in [0.3, 0.4) is 0 Å². The normalized spacial score (nSPS) is 16.0. The second-order valence-corrected chi connectivity index (χ2v) is 7.90. The first-order valence-corrected chi connectivity index (χ1v) is 10.4. The predicted molar refractivity (Wildman–Crippen MR) is 117 cm³/mol. The lowest BCUT2D eigenvalue weighted by atomic mass is 10.1. The number of carbonyl (C=O) groups excluding carboxylic acids is 1. The first-order valence-electron chi connectivity index (χ1n) is 10.4. The van der Waals surface area contributed by atoms with Crippen LogP contribution in [0.15, 0.2) is 41.7 Å². The van der Waals surface area contributed by atoms with E-state index in [1.165, 1.54) is 12.4 Å². The molecule has 1 fully saturated rings. The number of likely N-dealkylation sites (tertiary alicyclic amines) is 1. The van der Waals surface area contributed by atoms with Gasteiger partial charge < -0.3 is 19.6 Å². The molecule has 2 N–H and O–H groups in total. The molecule has 0 radical (unpaired) electrons. The SMILES string of the molecule is C=CC(=O)N1CCC(n2cc(C#Cc3cc4nc(C(F)(F)F)oc4cc3F)c3c(N)ncnc32)C1. The first kappa shape index (κ1) is 22.4. The molecule has 1 unspecified atom stereocenters. The second kappa shape index (κ2) is 8.12. The fraction of sp³-hybridized carbons (Fsp3) is 0.217. The highest BCUT2D eigenvalue weighted by atomic mass is 19.4. The monoisotopic (exact) mass is 484 g/mol. The van der Waals surface area contributed by atoms with Gasteiger partial charge in [0.05, 0.1) is 22.6 Å². The van der Waals surface area contributed by atoms with E-state index in [1.54, 1.807) is 11.1 Å². The molecule has 0 aliphatic carbocycles. The highest BCUT2D eigenvalue weighted by Crippen LogP contribution is 2.33. The predicted octanol–water partition coefficient (Wildman–Crippen LogP) is 3.67. The van der Waals surface area contributed by atoms with Crippen LogP contribution < -0.4 is 5.73 Å². The fourth-order valence-electron chi connectivity index (χ4n) is 4.08. The molecular formula is C23H16F4N6O2. The molecule has 12 heteroatoms. The van der Waals surface area contributed by atoms with Crippen LogP contribution in [0.25, 0.3) is 22.1 Å². The Morgan fingerprint density at radius 2 is 2.03 bits per heavy atom. The summed E-state index contributed by atoms with van der Waals surface area (Å²) >= 11 is 0. The largest absolute Gasteiger partial charge is 0.468 e. The van der Waals surface area contributed by atoms with Crippen molar-refractivity contribution in [2.45, 2.75) is 18.6 Å². The van der Waals surface area contributed by atoms with Crippen molar-refractivity contribution in [1.29, 1.82) is 0 Å². The molecule has 3 aromatic heterocycles. The van der Waals surface area contributed by atoms with Gasteiger partial charge in [0.1, 0.15) is 29.1 Å². The first-order chi connectivity index (χ1) is 16.7. The van der Waals surface area contributed by atoms with Gasteiger partial charge in [-0.25, -0.2) is 19.3 Å². The van der Waals surface area contributed by atoms with E-state index < -0.39 is 17.9 Å². The zero-order valence-corrected chi connectivity index (χ0v) is 17.9. The van der Waals surface area contributed by atoms with E-state index in [-0.39, 0.29) is 34.4 Å². The van der Waals surface area contributed by atoms with E-state index in [1.807, 2.05) is 4.57 Å². The zero-order valence-electron chi connectivity index (χ0n) is 17.9. The Kier molecular flexibility index (Phi) is 5.20. The number of anilines is 1. The molecule has 5 rings (SSSR count). The van der Waals surface area contributed by atoms with Crippen molar-refractivity contribution in [3.8, 4) is 11.8 Å². The van der Waals surface area contributed by atoms with Crippen molar-refractivity contribution in [1.82, 2.24) is 24.4 Å². The third-order valence-electron chi connectivity index (χ3n) is 5.73. The van der Waals surface area contributed by atoms with Crippen molar-refractivity contribution in [3.05, 3.63) is 60.1 Å². The number of benzene rings is 1. The molecule has 4 heterocycles. The Labute approximate surface area is 195 Å².